The largest absolute Gasteiger partial charge is 0.376 e. The van der Waals surface area contributed by atoms with Gasteiger partial charge in [0.2, 0.25) is 5.91 Å². The first kappa shape index (κ1) is 16.9. The maximum absolute atomic E-state index is 10.9. The van der Waals surface area contributed by atoms with E-state index in [2.05, 4.69) is 5.32 Å². The van der Waals surface area contributed by atoms with Crippen LogP contribution in [0.2, 0.25) is 0 Å². The number of amides is 1. The van der Waals surface area contributed by atoms with Crippen LogP contribution >= 0.6 is 12.4 Å². The van der Waals surface area contributed by atoms with Crippen molar-refractivity contribution in [3.63, 3.8) is 0 Å². The number of nitrogens with one attached hydrogen (secondary N) is 1. The summed E-state index contributed by atoms with van der Waals surface area (Å²) in [5.74, 6) is 0.161. The van der Waals surface area contributed by atoms with Crippen LogP contribution in [-0.4, -0.2) is 25.6 Å². The molecule has 1 atom stereocenters. The van der Waals surface area contributed by atoms with E-state index in [0.29, 0.717) is 19.8 Å². The Morgan fingerprint density at radius 1 is 1.39 bits per heavy atom. The van der Waals surface area contributed by atoms with Gasteiger partial charge in [-0.2, -0.15) is 0 Å². The Hall–Kier alpha value is -1.10. The van der Waals surface area contributed by atoms with Crippen LogP contribution < -0.4 is 11.1 Å². The van der Waals surface area contributed by atoms with Gasteiger partial charge in [0.1, 0.15) is 0 Å². The molecule has 0 aliphatic carbocycles. The molecule has 1 unspecified atom stereocenters. The normalized spacial score (nSPS) is 11.4. The van der Waals surface area contributed by atoms with Gasteiger partial charge in [0.05, 0.1) is 19.8 Å². The van der Waals surface area contributed by atoms with Gasteiger partial charge in [-0.15, -0.1) is 12.4 Å². The molecule has 0 spiro atoms. The number of ether oxygens (including phenoxy) is 1. The van der Waals surface area contributed by atoms with E-state index in [-0.39, 0.29) is 30.8 Å². The first-order valence-corrected chi connectivity index (χ1v) is 5.80. The molecule has 4 nitrogen and oxygen atoms in total. The lowest BCUT2D eigenvalue weighted by Crippen LogP contribution is -2.34. The first-order chi connectivity index (χ1) is 8.22. The summed E-state index contributed by atoms with van der Waals surface area (Å²) >= 11 is 0. The van der Waals surface area contributed by atoms with E-state index in [4.69, 9.17) is 10.5 Å². The van der Waals surface area contributed by atoms with Gasteiger partial charge in [0, 0.05) is 6.54 Å². The van der Waals surface area contributed by atoms with Gasteiger partial charge in [-0.05, 0) is 11.5 Å². The molecule has 0 fully saturated rings. The van der Waals surface area contributed by atoms with E-state index >= 15 is 0 Å². The van der Waals surface area contributed by atoms with Gasteiger partial charge in [0.25, 0.3) is 0 Å². The third-order valence-electron chi connectivity index (χ3n) is 2.35. The number of carbonyl (C=O) groups is 1. The molecule has 1 aromatic rings. The topological polar surface area (TPSA) is 64.4 Å². The van der Waals surface area contributed by atoms with E-state index in [1.807, 2.05) is 37.3 Å². The van der Waals surface area contributed by atoms with Crippen molar-refractivity contribution in [2.75, 3.05) is 19.7 Å². The van der Waals surface area contributed by atoms with Crippen molar-refractivity contribution in [2.24, 2.45) is 11.7 Å². The van der Waals surface area contributed by atoms with Crippen molar-refractivity contribution in [1.82, 2.24) is 5.32 Å². The van der Waals surface area contributed by atoms with Gasteiger partial charge in [-0.25, -0.2) is 0 Å². The summed E-state index contributed by atoms with van der Waals surface area (Å²) in [5, 5.41) is 2.74. The zero-order valence-corrected chi connectivity index (χ0v) is 11.4. The molecule has 102 valence electrons. The van der Waals surface area contributed by atoms with Crippen LogP contribution in [0.5, 0.6) is 0 Å². The molecular weight excluding hydrogens is 252 g/mol. The molecule has 0 saturated carbocycles. The van der Waals surface area contributed by atoms with Crippen molar-refractivity contribution in [2.45, 2.75) is 13.5 Å². The Balaban J connectivity index is 0.00000289. The highest BCUT2D eigenvalue weighted by Crippen LogP contribution is 2.02. The average molecular weight is 273 g/mol. The molecule has 3 N–H and O–H groups in total. The van der Waals surface area contributed by atoms with Crippen LogP contribution in [0.15, 0.2) is 30.3 Å². The molecule has 0 bridgehead atoms. The minimum absolute atomic E-state index is 0. The second-order valence-corrected chi connectivity index (χ2v) is 4.11. The number of carbonyl (C=O) groups excluding carboxylic acids is 1. The van der Waals surface area contributed by atoms with Crippen molar-refractivity contribution in [3.05, 3.63) is 35.9 Å². The summed E-state index contributed by atoms with van der Waals surface area (Å²) in [5.41, 5.74) is 6.35. The van der Waals surface area contributed by atoms with Crippen molar-refractivity contribution < 1.29 is 9.53 Å². The minimum Gasteiger partial charge on any atom is -0.376 e. The molecule has 0 heterocycles. The van der Waals surface area contributed by atoms with E-state index in [9.17, 15) is 4.79 Å². The number of halogens is 1. The SMILES string of the molecule is CC(CNC(=O)CN)COCc1ccccc1.Cl. The lowest BCUT2D eigenvalue weighted by Gasteiger charge is -2.12. The van der Waals surface area contributed by atoms with Crippen LogP contribution in [0.3, 0.4) is 0 Å². The number of hydrogen-bond donors (Lipinski definition) is 2. The highest BCUT2D eigenvalue weighted by molar-refractivity contribution is 5.85. The van der Waals surface area contributed by atoms with E-state index in [1.165, 1.54) is 0 Å². The monoisotopic (exact) mass is 272 g/mol. The maximum Gasteiger partial charge on any atom is 0.233 e. The zero-order valence-electron chi connectivity index (χ0n) is 10.6. The van der Waals surface area contributed by atoms with E-state index in [1.54, 1.807) is 0 Å². The molecular formula is C13H21ClN2O2. The highest BCUT2D eigenvalue weighted by Gasteiger charge is 2.04. The van der Waals surface area contributed by atoms with Crippen LogP contribution in [0.1, 0.15) is 12.5 Å². The Morgan fingerprint density at radius 3 is 2.67 bits per heavy atom. The lowest BCUT2D eigenvalue weighted by molar-refractivity contribution is -0.119. The van der Waals surface area contributed by atoms with Gasteiger partial charge in [-0.1, -0.05) is 37.3 Å². The second-order valence-electron chi connectivity index (χ2n) is 4.11. The molecule has 0 aliphatic rings. The number of nitrogens with two attached hydrogens (primary N) is 1. The second kappa shape index (κ2) is 9.88. The fourth-order valence-corrected chi connectivity index (χ4v) is 1.37. The van der Waals surface area contributed by atoms with Gasteiger partial charge < -0.3 is 15.8 Å². The van der Waals surface area contributed by atoms with Crippen molar-refractivity contribution >= 4 is 18.3 Å². The standard InChI is InChI=1S/C13H20N2O2.ClH/c1-11(8-15-13(16)7-14)9-17-10-12-5-3-2-4-6-12;/h2-6,11H,7-10,14H2,1H3,(H,15,16);1H. The van der Waals surface area contributed by atoms with Crippen LogP contribution in [0.25, 0.3) is 0 Å². The Morgan fingerprint density at radius 2 is 2.06 bits per heavy atom. The molecule has 1 amide bonds. The summed E-state index contributed by atoms with van der Waals surface area (Å²) < 4.78 is 5.56. The predicted molar refractivity (Wildman–Crippen MR) is 74.6 cm³/mol. The molecule has 1 rings (SSSR count). The minimum atomic E-state index is -0.125. The molecule has 0 radical (unpaired) electrons. The first-order valence-electron chi connectivity index (χ1n) is 5.80. The van der Waals surface area contributed by atoms with Crippen LogP contribution in [-0.2, 0) is 16.1 Å². The summed E-state index contributed by atoms with van der Waals surface area (Å²) in [6.45, 7) is 3.90. The quantitative estimate of drug-likeness (QED) is 0.787. The Bertz CT molecular complexity index is 333. The van der Waals surface area contributed by atoms with Crippen molar-refractivity contribution in [1.29, 1.82) is 0 Å². The van der Waals surface area contributed by atoms with Gasteiger partial charge >= 0.3 is 0 Å². The Labute approximate surface area is 114 Å². The van der Waals surface area contributed by atoms with Gasteiger partial charge in [-0.3, -0.25) is 4.79 Å². The Kier molecular flexibility index (Phi) is 9.28. The molecule has 1 aromatic carbocycles. The van der Waals surface area contributed by atoms with E-state index < -0.39 is 0 Å². The fraction of sp³-hybridized carbons (Fsp3) is 0.462. The number of rotatable bonds is 7. The molecule has 0 saturated heterocycles. The summed E-state index contributed by atoms with van der Waals surface area (Å²) in [6, 6.07) is 10.0. The number of hydrogen-bond acceptors (Lipinski definition) is 3. The van der Waals surface area contributed by atoms with Crippen LogP contribution in [0.4, 0.5) is 0 Å². The zero-order chi connectivity index (χ0) is 12.5. The maximum atomic E-state index is 10.9. The highest BCUT2D eigenvalue weighted by atomic mass is 35.5. The summed E-state index contributed by atoms with van der Waals surface area (Å²) in [7, 11) is 0. The van der Waals surface area contributed by atoms with Crippen molar-refractivity contribution in [3.8, 4) is 0 Å². The van der Waals surface area contributed by atoms with Crippen LogP contribution in [0, 0.1) is 5.92 Å². The average Bonchev–Trinajstić information content (AvgIpc) is 2.37. The third-order valence-corrected chi connectivity index (χ3v) is 2.35. The lowest BCUT2D eigenvalue weighted by atomic mass is 10.2. The third kappa shape index (κ3) is 7.27. The molecule has 0 aliphatic heterocycles. The summed E-state index contributed by atoms with van der Waals surface area (Å²) in [4.78, 5) is 10.9. The molecule has 0 aromatic heterocycles. The van der Waals surface area contributed by atoms with E-state index in [0.717, 1.165) is 5.56 Å². The van der Waals surface area contributed by atoms with Gasteiger partial charge in [0.15, 0.2) is 0 Å². The smallest absolute Gasteiger partial charge is 0.233 e. The summed E-state index contributed by atoms with van der Waals surface area (Å²) in [6.07, 6.45) is 0. The predicted octanol–water partition coefficient (Wildman–Crippen LogP) is 1.34. The fourth-order valence-electron chi connectivity index (χ4n) is 1.37. The molecule has 18 heavy (non-hydrogen) atoms. The number of benzene rings is 1. The molecule has 5 heteroatoms.